The highest BCUT2D eigenvalue weighted by Gasteiger charge is 2.13. The van der Waals surface area contributed by atoms with Crippen LogP contribution in [0.15, 0.2) is 84.9 Å². The predicted octanol–water partition coefficient (Wildman–Crippen LogP) is 7.96. The second-order valence-electron chi connectivity index (χ2n) is 11.4. The van der Waals surface area contributed by atoms with Crippen molar-refractivity contribution in [1.29, 1.82) is 0 Å². The summed E-state index contributed by atoms with van der Waals surface area (Å²) in [6, 6.07) is 29.8. The fourth-order valence-electron chi connectivity index (χ4n) is 5.64. The molecule has 4 heterocycles. The quantitative estimate of drug-likeness (QED) is 0.208. The molecule has 206 valence electrons. The molecule has 0 N–H and O–H groups in total. The van der Waals surface area contributed by atoms with Gasteiger partial charge in [0.1, 0.15) is 11.6 Å². The highest BCUT2D eigenvalue weighted by atomic mass is 15.1. The Morgan fingerprint density at radius 3 is 1.19 bits per heavy atom. The SMILES string of the molecule is Cc1cc(N(C)C)nc2c1ccc1ccc(-c3ccc(-c4ccc5ccc6c(C)cc(N(C)C)nc6c5n4)cc3)nc12. The number of anilines is 2. The van der Waals surface area contributed by atoms with Crippen molar-refractivity contribution in [2.75, 3.05) is 38.0 Å². The van der Waals surface area contributed by atoms with E-state index in [-0.39, 0.29) is 0 Å². The Labute approximate surface area is 245 Å². The van der Waals surface area contributed by atoms with Crippen molar-refractivity contribution in [3.63, 3.8) is 0 Å². The topological polar surface area (TPSA) is 58.0 Å². The first-order valence-electron chi connectivity index (χ1n) is 14.1. The largest absolute Gasteiger partial charge is 0.363 e. The highest BCUT2D eigenvalue weighted by molar-refractivity contribution is 6.06. The molecule has 6 heteroatoms. The molecule has 0 aliphatic rings. The number of hydrogen-bond acceptors (Lipinski definition) is 6. The molecule has 0 bridgehead atoms. The molecular formula is C36H32N6. The zero-order chi connectivity index (χ0) is 29.1. The van der Waals surface area contributed by atoms with Crippen molar-refractivity contribution in [2.24, 2.45) is 0 Å². The Morgan fingerprint density at radius 1 is 0.429 bits per heavy atom. The van der Waals surface area contributed by atoms with E-state index in [2.05, 4.69) is 98.8 Å². The van der Waals surface area contributed by atoms with Gasteiger partial charge in [-0.1, -0.05) is 60.7 Å². The van der Waals surface area contributed by atoms with Crippen LogP contribution in [-0.4, -0.2) is 48.1 Å². The van der Waals surface area contributed by atoms with E-state index in [1.165, 1.54) is 11.1 Å². The number of hydrogen-bond donors (Lipinski definition) is 0. The van der Waals surface area contributed by atoms with Crippen molar-refractivity contribution >= 4 is 55.2 Å². The Morgan fingerprint density at radius 2 is 0.810 bits per heavy atom. The fraction of sp³-hybridized carbons (Fsp3) is 0.167. The van der Waals surface area contributed by atoms with Crippen molar-refractivity contribution in [3.05, 3.63) is 96.1 Å². The van der Waals surface area contributed by atoms with E-state index in [0.717, 1.165) is 77.8 Å². The third-order valence-electron chi connectivity index (χ3n) is 8.06. The molecule has 0 unspecified atom stereocenters. The second-order valence-corrected chi connectivity index (χ2v) is 11.4. The van der Waals surface area contributed by atoms with Gasteiger partial charge in [0.15, 0.2) is 0 Å². The number of nitrogens with zero attached hydrogens (tertiary/aromatic N) is 6. The smallest absolute Gasteiger partial charge is 0.129 e. The van der Waals surface area contributed by atoms with Crippen molar-refractivity contribution in [2.45, 2.75) is 13.8 Å². The first kappa shape index (κ1) is 25.8. The molecule has 0 spiro atoms. The van der Waals surface area contributed by atoms with Gasteiger partial charge >= 0.3 is 0 Å². The van der Waals surface area contributed by atoms with Gasteiger partial charge in [-0.15, -0.1) is 0 Å². The fourth-order valence-corrected chi connectivity index (χ4v) is 5.64. The van der Waals surface area contributed by atoms with E-state index >= 15 is 0 Å². The normalized spacial score (nSPS) is 11.6. The molecule has 0 radical (unpaired) electrons. The lowest BCUT2D eigenvalue weighted by molar-refractivity contribution is 1.08. The zero-order valence-corrected chi connectivity index (χ0v) is 24.8. The van der Waals surface area contributed by atoms with Crippen LogP contribution in [0.3, 0.4) is 0 Å². The number of benzene rings is 3. The number of rotatable bonds is 4. The van der Waals surface area contributed by atoms with Gasteiger partial charge < -0.3 is 9.80 Å². The van der Waals surface area contributed by atoms with E-state index in [0.29, 0.717) is 0 Å². The van der Waals surface area contributed by atoms with E-state index in [1.54, 1.807) is 0 Å². The Balaban J connectivity index is 1.31. The minimum Gasteiger partial charge on any atom is -0.363 e. The van der Waals surface area contributed by atoms with E-state index in [1.807, 2.05) is 38.0 Å². The number of pyridine rings is 4. The van der Waals surface area contributed by atoms with Gasteiger partial charge in [0.05, 0.1) is 33.5 Å². The summed E-state index contributed by atoms with van der Waals surface area (Å²) in [6.45, 7) is 4.26. The van der Waals surface area contributed by atoms with Crippen molar-refractivity contribution in [1.82, 2.24) is 19.9 Å². The molecule has 42 heavy (non-hydrogen) atoms. The van der Waals surface area contributed by atoms with E-state index in [9.17, 15) is 0 Å². The Hall–Kier alpha value is -5.10. The first-order valence-corrected chi connectivity index (χ1v) is 14.1. The summed E-state index contributed by atoms with van der Waals surface area (Å²) in [5.74, 6) is 1.87. The Bertz CT molecular complexity index is 2010. The molecule has 0 atom stereocenters. The summed E-state index contributed by atoms with van der Waals surface area (Å²) in [4.78, 5) is 24.2. The second kappa shape index (κ2) is 9.77. The molecule has 3 aromatic carbocycles. The Kier molecular flexibility index (Phi) is 6.01. The van der Waals surface area contributed by atoms with Crippen LogP contribution in [0.25, 0.3) is 66.1 Å². The molecular weight excluding hydrogens is 516 g/mol. The molecule has 0 amide bonds. The van der Waals surface area contributed by atoms with Crippen LogP contribution in [-0.2, 0) is 0 Å². The summed E-state index contributed by atoms with van der Waals surface area (Å²) in [6.07, 6.45) is 0. The third-order valence-corrected chi connectivity index (χ3v) is 8.06. The average molecular weight is 549 g/mol. The summed E-state index contributed by atoms with van der Waals surface area (Å²) in [7, 11) is 8.07. The van der Waals surface area contributed by atoms with Crippen LogP contribution in [0, 0.1) is 13.8 Å². The van der Waals surface area contributed by atoms with Crippen LogP contribution in [0.4, 0.5) is 11.6 Å². The lowest BCUT2D eigenvalue weighted by Gasteiger charge is -2.15. The molecule has 7 aromatic rings. The molecule has 7 rings (SSSR count). The maximum atomic E-state index is 5.11. The van der Waals surface area contributed by atoms with Crippen LogP contribution in [0.2, 0.25) is 0 Å². The van der Waals surface area contributed by atoms with Crippen LogP contribution >= 0.6 is 0 Å². The molecule has 0 saturated carbocycles. The maximum absolute atomic E-state index is 5.11. The molecule has 0 fully saturated rings. The van der Waals surface area contributed by atoms with Crippen LogP contribution in [0.1, 0.15) is 11.1 Å². The lowest BCUT2D eigenvalue weighted by atomic mass is 10.0. The van der Waals surface area contributed by atoms with Gasteiger partial charge in [-0.2, -0.15) is 0 Å². The third kappa shape index (κ3) is 4.27. The summed E-state index contributed by atoms with van der Waals surface area (Å²) >= 11 is 0. The van der Waals surface area contributed by atoms with Gasteiger partial charge in [0.25, 0.3) is 0 Å². The molecule has 6 nitrogen and oxygen atoms in total. The predicted molar refractivity (Wildman–Crippen MR) is 177 cm³/mol. The maximum Gasteiger partial charge on any atom is 0.129 e. The molecule has 4 aromatic heterocycles. The van der Waals surface area contributed by atoms with Gasteiger partial charge in [-0.05, 0) is 49.2 Å². The molecule has 0 saturated heterocycles. The summed E-state index contributed by atoms with van der Waals surface area (Å²) in [5.41, 5.74) is 10.0. The zero-order valence-electron chi connectivity index (χ0n) is 24.8. The van der Waals surface area contributed by atoms with Gasteiger partial charge in [-0.3, -0.25) is 0 Å². The molecule has 0 aliphatic heterocycles. The van der Waals surface area contributed by atoms with Crippen LogP contribution in [0.5, 0.6) is 0 Å². The van der Waals surface area contributed by atoms with Gasteiger partial charge in [0, 0.05) is 60.9 Å². The van der Waals surface area contributed by atoms with Crippen molar-refractivity contribution in [3.8, 4) is 22.5 Å². The summed E-state index contributed by atoms with van der Waals surface area (Å²) < 4.78 is 0. The van der Waals surface area contributed by atoms with Crippen molar-refractivity contribution < 1.29 is 0 Å². The molecule has 0 aliphatic carbocycles. The average Bonchev–Trinajstić information content (AvgIpc) is 3.00. The number of aromatic nitrogens is 4. The first-order chi connectivity index (χ1) is 20.3. The monoisotopic (exact) mass is 548 g/mol. The van der Waals surface area contributed by atoms with E-state index < -0.39 is 0 Å². The van der Waals surface area contributed by atoms with Gasteiger partial charge in [0.2, 0.25) is 0 Å². The standard InChI is InChI=1S/C36H32N6/c1-21-19-31(41(3)4)39-35-27(21)15-11-25-13-17-29(37-33(25)35)23-7-9-24(10-8-23)30-18-14-26-12-16-28-22(2)20-32(42(5)6)40-36(28)34(26)38-30/h7-20H,1-6H3. The van der Waals surface area contributed by atoms with E-state index in [4.69, 9.17) is 19.9 Å². The highest BCUT2D eigenvalue weighted by Crippen LogP contribution is 2.32. The van der Waals surface area contributed by atoms with Gasteiger partial charge in [-0.25, -0.2) is 19.9 Å². The van der Waals surface area contributed by atoms with Crippen LogP contribution < -0.4 is 9.80 Å². The number of aryl methyl sites for hydroxylation is 2. The minimum atomic E-state index is 0.920. The number of fused-ring (bicyclic) bond motifs is 6. The minimum absolute atomic E-state index is 0.920. The summed E-state index contributed by atoms with van der Waals surface area (Å²) in [5, 5.41) is 4.43. The lowest BCUT2D eigenvalue weighted by Crippen LogP contribution is -2.11.